The molecule has 0 radical (unpaired) electrons. The van der Waals surface area contributed by atoms with Gasteiger partial charge in [0.1, 0.15) is 5.82 Å². The van der Waals surface area contributed by atoms with Gasteiger partial charge in [-0.3, -0.25) is 4.98 Å². The number of pyridine rings is 1. The van der Waals surface area contributed by atoms with Crippen molar-refractivity contribution in [1.29, 1.82) is 0 Å². The number of carbonyl (C=O) groups is 1. The summed E-state index contributed by atoms with van der Waals surface area (Å²) in [7, 11) is 0. The molecule has 21 heavy (non-hydrogen) atoms. The van der Waals surface area contributed by atoms with E-state index in [0.717, 1.165) is 0 Å². The highest BCUT2D eigenvalue weighted by molar-refractivity contribution is 5.85. The van der Waals surface area contributed by atoms with Crippen molar-refractivity contribution in [3.63, 3.8) is 0 Å². The second-order valence-electron chi connectivity index (χ2n) is 4.69. The first-order chi connectivity index (χ1) is 10.1. The zero-order valence-electron chi connectivity index (χ0n) is 12.0. The Hall–Kier alpha value is -2.43. The van der Waals surface area contributed by atoms with E-state index in [1.807, 2.05) is 0 Å². The third-order valence-electron chi connectivity index (χ3n) is 3.18. The van der Waals surface area contributed by atoms with E-state index in [2.05, 4.69) is 10.3 Å². The van der Waals surface area contributed by atoms with Crippen LogP contribution in [0.1, 0.15) is 19.4 Å². The molecule has 0 bridgehead atoms. The zero-order valence-corrected chi connectivity index (χ0v) is 12.0. The van der Waals surface area contributed by atoms with Crippen LogP contribution in [-0.4, -0.2) is 17.6 Å². The molecule has 0 aliphatic carbocycles. The molecule has 1 aromatic carbocycles. The number of hydrogen-bond donors (Lipinski definition) is 1. The minimum absolute atomic E-state index is 0.233. The number of hydrogen-bond acceptors (Lipinski definition) is 4. The van der Waals surface area contributed by atoms with Crippen molar-refractivity contribution in [2.45, 2.75) is 19.4 Å². The second kappa shape index (κ2) is 6.35. The number of nitrogens with one attached hydrogen (secondary N) is 1. The molecule has 0 saturated heterocycles. The summed E-state index contributed by atoms with van der Waals surface area (Å²) in [6.07, 6.45) is 3.17. The Kier molecular flexibility index (Phi) is 4.52. The van der Waals surface area contributed by atoms with Crippen LogP contribution in [0.5, 0.6) is 0 Å². The van der Waals surface area contributed by atoms with Gasteiger partial charge in [0.15, 0.2) is 5.54 Å². The van der Waals surface area contributed by atoms with Gasteiger partial charge in [-0.1, -0.05) is 18.2 Å². The number of para-hydroxylation sites is 1. The summed E-state index contributed by atoms with van der Waals surface area (Å²) >= 11 is 0. The van der Waals surface area contributed by atoms with Crippen LogP contribution < -0.4 is 5.32 Å². The van der Waals surface area contributed by atoms with Gasteiger partial charge >= 0.3 is 5.97 Å². The van der Waals surface area contributed by atoms with E-state index < -0.39 is 17.3 Å². The fraction of sp³-hybridized carbons (Fsp3) is 0.250. The molecule has 2 rings (SSSR count). The van der Waals surface area contributed by atoms with Gasteiger partial charge in [0.05, 0.1) is 12.3 Å². The van der Waals surface area contributed by atoms with Crippen molar-refractivity contribution in [2.75, 3.05) is 11.9 Å². The van der Waals surface area contributed by atoms with Crippen LogP contribution in [-0.2, 0) is 15.1 Å². The molecule has 0 fully saturated rings. The summed E-state index contributed by atoms with van der Waals surface area (Å²) in [4.78, 5) is 16.4. The van der Waals surface area contributed by atoms with Crippen molar-refractivity contribution < 1.29 is 13.9 Å². The summed E-state index contributed by atoms with van der Waals surface area (Å²) in [6, 6.07) is 9.65. The molecule has 2 aromatic rings. The number of nitrogens with zero attached hydrogens (tertiary/aromatic N) is 1. The number of anilines is 1. The van der Waals surface area contributed by atoms with Crippen molar-refractivity contribution in [1.82, 2.24) is 4.98 Å². The largest absolute Gasteiger partial charge is 0.464 e. The summed E-state index contributed by atoms with van der Waals surface area (Å²) in [6.45, 7) is 3.62. The summed E-state index contributed by atoms with van der Waals surface area (Å²) in [5.74, 6) is -0.918. The molecule has 1 atom stereocenters. The molecule has 1 heterocycles. The van der Waals surface area contributed by atoms with Crippen LogP contribution >= 0.6 is 0 Å². The molecule has 110 valence electrons. The normalized spacial score (nSPS) is 13.3. The first-order valence-corrected chi connectivity index (χ1v) is 6.68. The van der Waals surface area contributed by atoms with E-state index in [1.54, 1.807) is 56.6 Å². The molecular formula is C16H17FN2O2. The molecule has 0 aliphatic heterocycles. The molecule has 0 spiro atoms. The monoisotopic (exact) mass is 288 g/mol. The number of benzene rings is 1. The maximum Gasteiger partial charge on any atom is 0.336 e. The first kappa shape index (κ1) is 15.0. The van der Waals surface area contributed by atoms with Crippen LogP contribution in [0.2, 0.25) is 0 Å². The second-order valence-corrected chi connectivity index (χ2v) is 4.69. The molecule has 4 nitrogen and oxygen atoms in total. The first-order valence-electron chi connectivity index (χ1n) is 6.68. The molecule has 5 heteroatoms. The van der Waals surface area contributed by atoms with E-state index in [-0.39, 0.29) is 12.3 Å². The predicted octanol–water partition coefficient (Wildman–Crippen LogP) is 3.11. The lowest BCUT2D eigenvalue weighted by molar-refractivity contribution is -0.148. The molecular weight excluding hydrogens is 271 g/mol. The van der Waals surface area contributed by atoms with E-state index in [0.29, 0.717) is 5.56 Å². The average molecular weight is 288 g/mol. The molecule has 1 aromatic heterocycles. The van der Waals surface area contributed by atoms with Crippen molar-refractivity contribution in [2.24, 2.45) is 0 Å². The number of esters is 1. The van der Waals surface area contributed by atoms with Gasteiger partial charge in [0.2, 0.25) is 0 Å². The van der Waals surface area contributed by atoms with E-state index in [9.17, 15) is 9.18 Å². The Labute approximate surface area is 123 Å². The molecule has 1 N–H and O–H groups in total. The number of aromatic nitrogens is 1. The van der Waals surface area contributed by atoms with Crippen LogP contribution in [0, 0.1) is 5.82 Å². The van der Waals surface area contributed by atoms with Gasteiger partial charge in [0, 0.05) is 18.0 Å². The lowest BCUT2D eigenvalue weighted by Gasteiger charge is -2.29. The highest BCUT2D eigenvalue weighted by Gasteiger charge is 2.37. The number of ether oxygens (including phenoxy) is 1. The third kappa shape index (κ3) is 3.18. The van der Waals surface area contributed by atoms with Gasteiger partial charge in [-0.15, -0.1) is 0 Å². The van der Waals surface area contributed by atoms with Crippen LogP contribution in [0.3, 0.4) is 0 Å². The van der Waals surface area contributed by atoms with Crippen LogP contribution in [0.4, 0.5) is 10.1 Å². The number of halogens is 1. The van der Waals surface area contributed by atoms with Gasteiger partial charge in [0.25, 0.3) is 0 Å². The molecule has 0 amide bonds. The Morgan fingerprint density at radius 2 is 2.10 bits per heavy atom. The summed E-state index contributed by atoms with van der Waals surface area (Å²) in [5.41, 5.74) is -0.379. The van der Waals surface area contributed by atoms with Crippen molar-refractivity contribution in [3.8, 4) is 0 Å². The number of carbonyl (C=O) groups excluding carboxylic acids is 1. The highest BCUT2D eigenvalue weighted by atomic mass is 19.1. The van der Waals surface area contributed by atoms with Gasteiger partial charge < -0.3 is 10.1 Å². The van der Waals surface area contributed by atoms with Crippen molar-refractivity contribution in [3.05, 3.63) is 60.2 Å². The lowest BCUT2D eigenvalue weighted by atomic mass is 9.93. The smallest absolute Gasteiger partial charge is 0.336 e. The minimum Gasteiger partial charge on any atom is -0.464 e. The van der Waals surface area contributed by atoms with Crippen LogP contribution in [0.15, 0.2) is 48.8 Å². The minimum atomic E-state index is -1.22. The fourth-order valence-corrected chi connectivity index (χ4v) is 2.01. The Morgan fingerprint density at radius 1 is 1.33 bits per heavy atom. The Balaban J connectivity index is 2.42. The number of rotatable bonds is 5. The average Bonchev–Trinajstić information content (AvgIpc) is 2.50. The Bertz CT molecular complexity index is 619. The molecule has 0 saturated carbocycles. The molecule has 0 aliphatic rings. The van der Waals surface area contributed by atoms with Gasteiger partial charge in [-0.2, -0.15) is 0 Å². The van der Waals surface area contributed by atoms with E-state index in [4.69, 9.17) is 4.74 Å². The van der Waals surface area contributed by atoms with E-state index in [1.165, 1.54) is 6.07 Å². The SMILES string of the molecule is CCOC(=O)C(C)(Nc1ccccc1F)c1cccnc1. The maximum atomic E-state index is 13.9. The topological polar surface area (TPSA) is 51.2 Å². The maximum absolute atomic E-state index is 13.9. The lowest BCUT2D eigenvalue weighted by Crippen LogP contribution is -2.42. The van der Waals surface area contributed by atoms with E-state index >= 15 is 0 Å². The zero-order chi connectivity index (χ0) is 15.3. The fourth-order valence-electron chi connectivity index (χ4n) is 2.01. The van der Waals surface area contributed by atoms with Gasteiger partial charge in [-0.05, 0) is 32.0 Å². The third-order valence-corrected chi connectivity index (χ3v) is 3.18. The van der Waals surface area contributed by atoms with Crippen molar-refractivity contribution >= 4 is 11.7 Å². The summed E-state index contributed by atoms with van der Waals surface area (Å²) < 4.78 is 19.0. The quantitative estimate of drug-likeness (QED) is 0.859. The highest BCUT2D eigenvalue weighted by Crippen LogP contribution is 2.28. The molecule has 1 unspecified atom stereocenters. The predicted molar refractivity (Wildman–Crippen MR) is 78.2 cm³/mol. The summed E-state index contributed by atoms with van der Waals surface area (Å²) in [5, 5.41) is 2.94. The standard InChI is InChI=1S/C16H17FN2O2/c1-3-21-15(20)16(2,12-7-6-10-18-11-12)19-14-9-5-4-8-13(14)17/h4-11,19H,3H2,1-2H3. The van der Waals surface area contributed by atoms with Crippen LogP contribution in [0.25, 0.3) is 0 Å². The Morgan fingerprint density at radius 3 is 2.71 bits per heavy atom. The van der Waals surface area contributed by atoms with Gasteiger partial charge in [-0.25, -0.2) is 9.18 Å².